The van der Waals surface area contributed by atoms with Crippen LogP contribution in [0.2, 0.25) is 5.02 Å². The normalized spacial score (nSPS) is 15.0. The van der Waals surface area contributed by atoms with Gasteiger partial charge in [0.05, 0.1) is 17.3 Å². The molecule has 0 spiro atoms. The molecule has 1 unspecified atom stereocenters. The van der Waals surface area contributed by atoms with Crippen molar-refractivity contribution in [3.63, 3.8) is 0 Å². The Morgan fingerprint density at radius 1 is 1.16 bits per heavy atom. The predicted octanol–water partition coefficient (Wildman–Crippen LogP) is 4.85. The number of rotatable bonds is 4. The molecule has 0 aliphatic carbocycles. The number of carbonyl (C=O) groups is 2. The van der Waals surface area contributed by atoms with Gasteiger partial charge in [0, 0.05) is 33.2 Å². The van der Waals surface area contributed by atoms with E-state index in [2.05, 4.69) is 15.6 Å². The number of fused-ring (bicyclic) bond motifs is 1. The lowest BCUT2D eigenvalue weighted by Crippen LogP contribution is -2.26. The number of nitrogens with one attached hydrogen (secondary N) is 3. The van der Waals surface area contributed by atoms with Gasteiger partial charge in [0.2, 0.25) is 0 Å². The Balaban J connectivity index is 1.62. The molecule has 2 heterocycles. The van der Waals surface area contributed by atoms with E-state index in [0.717, 1.165) is 22.5 Å². The molecule has 158 valence electrons. The number of carbonyl (C=O) groups excluding carboxylic acids is 2. The number of anilines is 2. The van der Waals surface area contributed by atoms with Gasteiger partial charge in [0.25, 0.3) is 11.8 Å². The molecular weight excluding hydrogens is 412 g/mol. The molecule has 31 heavy (non-hydrogen) atoms. The maximum Gasteiger partial charge on any atom is 0.256 e. The van der Waals surface area contributed by atoms with E-state index in [1.807, 2.05) is 32.9 Å². The van der Waals surface area contributed by atoms with E-state index in [1.54, 1.807) is 36.4 Å². The van der Waals surface area contributed by atoms with Crippen molar-refractivity contribution in [1.82, 2.24) is 10.3 Å². The number of aromatic amines is 1. The maximum atomic E-state index is 12.9. The van der Waals surface area contributed by atoms with Gasteiger partial charge >= 0.3 is 0 Å². The Labute approximate surface area is 185 Å². The highest BCUT2D eigenvalue weighted by Gasteiger charge is 2.26. The first-order chi connectivity index (χ1) is 14.7. The number of hydrogen-bond donors (Lipinski definition) is 4. The third-order valence-corrected chi connectivity index (χ3v) is 5.86. The van der Waals surface area contributed by atoms with E-state index in [9.17, 15) is 9.59 Å². The van der Waals surface area contributed by atoms with Gasteiger partial charge in [0.15, 0.2) is 0 Å². The SMILES string of the molecule is Cc1[nH]c(C=C2C(=O)Nc3ccc(C(=O)NC(C)c4ccc(Cl)cc4)cc32)c(C)c1N. The van der Waals surface area contributed by atoms with Crippen LogP contribution in [0.3, 0.4) is 0 Å². The van der Waals surface area contributed by atoms with E-state index >= 15 is 0 Å². The van der Waals surface area contributed by atoms with E-state index < -0.39 is 0 Å². The number of nitrogens with two attached hydrogens (primary N) is 1. The summed E-state index contributed by atoms with van der Waals surface area (Å²) in [6.07, 6.45) is 1.78. The first kappa shape index (κ1) is 20.8. The molecule has 1 atom stereocenters. The molecule has 7 heteroatoms. The van der Waals surface area contributed by atoms with Crippen molar-refractivity contribution in [2.75, 3.05) is 11.1 Å². The summed E-state index contributed by atoms with van der Waals surface area (Å²) >= 11 is 5.94. The summed E-state index contributed by atoms with van der Waals surface area (Å²) in [6.45, 7) is 5.70. The van der Waals surface area contributed by atoms with Gasteiger partial charge in [-0.1, -0.05) is 23.7 Å². The molecule has 1 aliphatic rings. The molecule has 0 saturated heterocycles. The van der Waals surface area contributed by atoms with Crippen LogP contribution in [0.5, 0.6) is 0 Å². The van der Waals surface area contributed by atoms with Crippen LogP contribution in [-0.4, -0.2) is 16.8 Å². The fourth-order valence-electron chi connectivity index (χ4n) is 3.67. The van der Waals surface area contributed by atoms with E-state index in [-0.39, 0.29) is 17.9 Å². The molecule has 1 aromatic heterocycles. The van der Waals surface area contributed by atoms with Crippen LogP contribution in [0.25, 0.3) is 11.6 Å². The topological polar surface area (TPSA) is 100 Å². The number of H-pyrrole nitrogens is 1. The average molecular weight is 435 g/mol. The molecule has 5 N–H and O–H groups in total. The lowest BCUT2D eigenvalue weighted by atomic mass is 10.0. The van der Waals surface area contributed by atoms with Crippen LogP contribution < -0.4 is 16.4 Å². The summed E-state index contributed by atoms with van der Waals surface area (Å²) in [7, 11) is 0. The molecule has 0 bridgehead atoms. The zero-order chi connectivity index (χ0) is 22.3. The standard InChI is InChI=1S/C24H23ClN4O2/c1-12-21(27-14(3)22(12)26)11-19-18-10-16(6-9-20(18)29-24(19)31)23(30)28-13(2)15-4-7-17(25)8-5-15/h4-11,13,27H,26H2,1-3H3,(H,28,30)(H,29,31). The third-order valence-electron chi connectivity index (χ3n) is 5.61. The number of hydrogen-bond acceptors (Lipinski definition) is 3. The van der Waals surface area contributed by atoms with Crippen LogP contribution in [0, 0.1) is 13.8 Å². The van der Waals surface area contributed by atoms with Crippen molar-refractivity contribution in [3.05, 3.63) is 81.1 Å². The van der Waals surface area contributed by atoms with Gasteiger partial charge in [-0.25, -0.2) is 0 Å². The Hall–Kier alpha value is -3.51. The lowest BCUT2D eigenvalue weighted by Gasteiger charge is -2.15. The van der Waals surface area contributed by atoms with Crippen molar-refractivity contribution in [2.24, 2.45) is 0 Å². The Kier molecular flexibility index (Phi) is 5.33. The van der Waals surface area contributed by atoms with Crippen LogP contribution >= 0.6 is 11.6 Å². The second-order valence-electron chi connectivity index (χ2n) is 7.72. The summed E-state index contributed by atoms with van der Waals surface area (Å²) in [5.74, 6) is -0.438. The number of aryl methyl sites for hydroxylation is 1. The molecule has 0 fully saturated rings. The van der Waals surface area contributed by atoms with Gasteiger partial charge in [0.1, 0.15) is 0 Å². The van der Waals surface area contributed by atoms with Gasteiger partial charge < -0.3 is 21.4 Å². The molecule has 4 rings (SSSR count). The Morgan fingerprint density at radius 3 is 2.52 bits per heavy atom. The number of amides is 2. The zero-order valence-electron chi connectivity index (χ0n) is 17.5. The van der Waals surface area contributed by atoms with Crippen LogP contribution in [0.4, 0.5) is 11.4 Å². The highest BCUT2D eigenvalue weighted by atomic mass is 35.5. The predicted molar refractivity (Wildman–Crippen MR) is 125 cm³/mol. The first-order valence-corrected chi connectivity index (χ1v) is 10.3. The first-order valence-electron chi connectivity index (χ1n) is 9.93. The fourth-order valence-corrected chi connectivity index (χ4v) is 3.79. The van der Waals surface area contributed by atoms with Crippen molar-refractivity contribution >= 4 is 46.4 Å². The van der Waals surface area contributed by atoms with Gasteiger partial charge in [-0.3, -0.25) is 9.59 Å². The quantitative estimate of drug-likeness (QED) is 0.441. The molecule has 1 aliphatic heterocycles. The molecule has 6 nitrogen and oxygen atoms in total. The van der Waals surface area contributed by atoms with E-state index in [1.165, 1.54) is 0 Å². The minimum Gasteiger partial charge on any atom is -0.397 e. The summed E-state index contributed by atoms with van der Waals surface area (Å²) in [6, 6.07) is 12.3. The summed E-state index contributed by atoms with van der Waals surface area (Å²) < 4.78 is 0. The van der Waals surface area contributed by atoms with Gasteiger partial charge in [-0.05, 0) is 68.3 Å². The lowest BCUT2D eigenvalue weighted by molar-refractivity contribution is -0.110. The van der Waals surface area contributed by atoms with Gasteiger partial charge in [-0.2, -0.15) is 0 Å². The minimum absolute atomic E-state index is 0.194. The Morgan fingerprint density at radius 2 is 1.87 bits per heavy atom. The van der Waals surface area contributed by atoms with Crippen LogP contribution in [0.1, 0.15) is 51.4 Å². The second kappa shape index (κ2) is 7.96. The largest absolute Gasteiger partial charge is 0.397 e. The highest BCUT2D eigenvalue weighted by Crippen LogP contribution is 2.35. The molecule has 3 aromatic rings. The smallest absolute Gasteiger partial charge is 0.256 e. The van der Waals surface area contributed by atoms with Crippen molar-refractivity contribution in [2.45, 2.75) is 26.8 Å². The van der Waals surface area contributed by atoms with Gasteiger partial charge in [-0.15, -0.1) is 0 Å². The molecule has 0 radical (unpaired) electrons. The molecule has 2 aromatic carbocycles. The van der Waals surface area contributed by atoms with E-state index in [0.29, 0.717) is 33.1 Å². The fraction of sp³-hybridized carbons (Fsp3) is 0.167. The summed E-state index contributed by atoms with van der Waals surface area (Å²) in [5.41, 5.74) is 12.5. The summed E-state index contributed by atoms with van der Waals surface area (Å²) in [5, 5.41) is 6.48. The van der Waals surface area contributed by atoms with Crippen molar-refractivity contribution < 1.29 is 9.59 Å². The molecule has 0 saturated carbocycles. The second-order valence-corrected chi connectivity index (χ2v) is 8.16. The zero-order valence-corrected chi connectivity index (χ0v) is 18.2. The number of aromatic nitrogens is 1. The third kappa shape index (κ3) is 3.94. The monoisotopic (exact) mass is 434 g/mol. The van der Waals surface area contributed by atoms with Crippen LogP contribution in [-0.2, 0) is 4.79 Å². The molecule has 2 amide bonds. The van der Waals surface area contributed by atoms with Crippen molar-refractivity contribution in [1.29, 1.82) is 0 Å². The number of benzene rings is 2. The average Bonchev–Trinajstić information content (AvgIpc) is 3.18. The summed E-state index contributed by atoms with van der Waals surface area (Å²) in [4.78, 5) is 28.6. The Bertz CT molecular complexity index is 1230. The minimum atomic E-state index is -0.222. The maximum absolute atomic E-state index is 12.9. The van der Waals surface area contributed by atoms with E-state index in [4.69, 9.17) is 17.3 Å². The number of halogens is 1. The van der Waals surface area contributed by atoms with Crippen LogP contribution in [0.15, 0.2) is 42.5 Å². The number of nitrogen functional groups attached to an aromatic ring is 1. The highest BCUT2D eigenvalue weighted by molar-refractivity contribution is 6.35. The molecular formula is C24H23ClN4O2. The van der Waals surface area contributed by atoms with Crippen molar-refractivity contribution in [3.8, 4) is 0 Å².